The number of rotatable bonds is 6. The molecular formula is C15H30N2O2S. The Morgan fingerprint density at radius 2 is 1.95 bits per heavy atom. The van der Waals surface area contributed by atoms with Crippen LogP contribution < -0.4 is 10.0 Å². The standard InChI is InChI=1S/C15H30N2O2S/c1-13-4-2-5-14(10-13)7-9-17-20(18,19)12-15-6-3-8-16-11-15/h13-17H,2-12H2,1H3. The number of sulfonamides is 1. The Balaban J connectivity index is 1.66. The highest BCUT2D eigenvalue weighted by Crippen LogP contribution is 2.30. The number of hydrogen-bond acceptors (Lipinski definition) is 3. The Hall–Kier alpha value is -0.130. The third-order valence-corrected chi connectivity index (χ3v) is 6.33. The fraction of sp³-hybridized carbons (Fsp3) is 1.00. The lowest BCUT2D eigenvalue weighted by Crippen LogP contribution is -2.38. The van der Waals surface area contributed by atoms with Crippen molar-refractivity contribution in [1.82, 2.24) is 10.0 Å². The molecule has 1 aliphatic heterocycles. The van der Waals surface area contributed by atoms with E-state index in [1.165, 1.54) is 25.7 Å². The summed E-state index contributed by atoms with van der Waals surface area (Å²) >= 11 is 0. The van der Waals surface area contributed by atoms with Crippen LogP contribution in [0, 0.1) is 17.8 Å². The summed E-state index contributed by atoms with van der Waals surface area (Å²) in [6.07, 6.45) is 8.34. The zero-order chi connectivity index (χ0) is 14.4. The maximum Gasteiger partial charge on any atom is 0.211 e. The molecule has 0 aromatic rings. The third-order valence-electron chi connectivity index (χ3n) is 4.77. The average molecular weight is 302 g/mol. The minimum atomic E-state index is -3.09. The Bertz CT molecular complexity index is 377. The predicted molar refractivity (Wildman–Crippen MR) is 83.1 cm³/mol. The van der Waals surface area contributed by atoms with Gasteiger partial charge in [0.15, 0.2) is 0 Å². The van der Waals surface area contributed by atoms with Gasteiger partial charge in [-0.2, -0.15) is 0 Å². The first-order chi connectivity index (χ1) is 9.55. The molecule has 2 aliphatic rings. The Labute approximate surface area is 124 Å². The topological polar surface area (TPSA) is 58.2 Å². The molecule has 1 saturated carbocycles. The van der Waals surface area contributed by atoms with Crippen molar-refractivity contribution in [1.29, 1.82) is 0 Å². The molecule has 2 N–H and O–H groups in total. The maximum absolute atomic E-state index is 12.1. The van der Waals surface area contributed by atoms with Crippen LogP contribution in [0.4, 0.5) is 0 Å². The summed E-state index contributed by atoms with van der Waals surface area (Å²) in [6, 6.07) is 0. The summed E-state index contributed by atoms with van der Waals surface area (Å²) in [5.41, 5.74) is 0. The van der Waals surface area contributed by atoms with Gasteiger partial charge >= 0.3 is 0 Å². The van der Waals surface area contributed by atoms with E-state index >= 15 is 0 Å². The van der Waals surface area contributed by atoms with Crippen molar-refractivity contribution in [3.8, 4) is 0 Å². The fourth-order valence-corrected chi connectivity index (χ4v) is 5.13. The van der Waals surface area contributed by atoms with Gasteiger partial charge in [0, 0.05) is 6.54 Å². The second-order valence-electron chi connectivity index (χ2n) is 6.81. The average Bonchev–Trinajstić information content (AvgIpc) is 2.39. The van der Waals surface area contributed by atoms with E-state index in [0.717, 1.165) is 44.2 Å². The molecule has 118 valence electrons. The van der Waals surface area contributed by atoms with Crippen LogP contribution in [0.3, 0.4) is 0 Å². The first-order valence-electron chi connectivity index (χ1n) is 8.23. The van der Waals surface area contributed by atoms with Crippen molar-refractivity contribution in [2.75, 3.05) is 25.4 Å². The summed E-state index contributed by atoms with van der Waals surface area (Å²) in [5.74, 6) is 2.12. The van der Waals surface area contributed by atoms with Crippen molar-refractivity contribution in [2.24, 2.45) is 17.8 Å². The lowest BCUT2D eigenvalue weighted by atomic mass is 9.81. The molecule has 20 heavy (non-hydrogen) atoms. The van der Waals surface area contributed by atoms with Crippen molar-refractivity contribution in [3.63, 3.8) is 0 Å². The van der Waals surface area contributed by atoms with Gasteiger partial charge in [0.25, 0.3) is 0 Å². The molecular weight excluding hydrogens is 272 g/mol. The largest absolute Gasteiger partial charge is 0.316 e. The monoisotopic (exact) mass is 302 g/mol. The van der Waals surface area contributed by atoms with E-state index in [1.807, 2.05) is 0 Å². The lowest BCUT2D eigenvalue weighted by molar-refractivity contribution is 0.271. The van der Waals surface area contributed by atoms with Crippen LogP contribution >= 0.6 is 0 Å². The van der Waals surface area contributed by atoms with E-state index in [2.05, 4.69) is 17.0 Å². The predicted octanol–water partition coefficient (Wildman–Crippen LogP) is 2.12. The Morgan fingerprint density at radius 1 is 1.15 bits per heavy atom. The van der Waals surface area contributed by atoms with Crippen molar-refractivity contribution < 1.29 is 8.42 Å². The van der Waals surface area contributed by atoms with Crippen LogP contribution in [0.1, 0.15) is 51.9 Å². The third kappa shape index (κ3) is 5.70. The van der Waals surface area contributed by atoms with Gasteiger partial charge in [-0.3, -0.25) is 0 Å². The van der Waals surface area contributed by atoms with Gasteiger partial charge in [-0.1, -0.05) is 26.2 Å². The van der Waals surface area contributed by atoms with Gasteiger partial charge in [0.1, 0.15) is 0 Å². The lowest BCUT2D eigenvalue weighted by Gasteiger charge is -2.27. The molecule has 1 saturated heterocycles. The van der Waals surface area contributed by atoms with Crippen LogP contribution in [0.2, 0.25) is 0 Å². The highest BCUT2D eigenvalue weighted by Gasteiger charge is 2.22. The molecule has 2 rings (SSSR count). The molecule has 0 bridgehead atoms. The quantitative estimate of drug-likeness (QED) is 0.790. The maximum atomic E-state index is 12.1. The molecule has 5 heteroatoms. The van der Waals surface area contributed by atoms with Gasteiger partial charge < -0.3 is 5.32 Å². The smallest absolute Gasteiger partial charge is 0.211 e. The van der Waals surface area contributed by atoms with Crippen molar-refractivity contribution >= 4 is 10.0 Å². The van der Waals surface area contributed by atoms with Gasteiger partial charge in [0.2, 0.25) is 10.0 Å². The molecule has 1 heterocycles. The Kier molecular flexibility index (Phi) is 6.30. The van der Waals surface area contributed by atoms with Crippen LogP contribution in [0.25, 0.3) is 0 Å². The van der Waals surface area contributed by atoms with E-state index in [1.54, 1.807) is 0 Å². The highest BCUT2D eigenvalue weighted by molar-refractivity contribution is 7.89. The van der Waals surface area contributed by atoms with E-state index < -0.39 is 10.0 Å². The fourth-order valence-electron chi connectivity index (χ4n) is 3.68. The van der Waals surface area contributed by atoms with Crippen LogP contribution in [-0.4, -0.2) is 33.8 Å². The number of hydrogen-bond donors (Lipinski definition) is 2. The molecule has 0 aromatic carbocycles. The van der Waals surface area contributed by atoms with Crippen LogP contribution in [0.15, 0.2) is 0 Å². The molecule has 4 nitrogen and oxygen atoms in total. The minimum Gasteiger partial charge on any atom is -0.316 e. The summed E-state index contributed by atoms with van der Waals surface area (Å²) in [4.78, 5) is 0. The molecule has 1 aliphatic carbocycles. The number of nitrogens with one attached hydrogen (secondary N) is 2. The Morgan fingerprint density at radius 3 is 2.65 bits per heavy atom. The highest BCUT2D eigenvalue weighted by atomic mass is 32.2. The van der Waals surface area contributed by atoms with Gasteiger partial charge in [-0.15, -0.1) is 0 Å². The van der Waals surface area contributed by atoms with Crippen LogP contribution in [-0.2, 0) is 10.0 Å². The zero-order valence-corrected chi connectivity index (χ0v) is 13.6. The SMILES string of the molecule is CC1CCCC(CCNS(=O)(=O)CC2CCCNC2)C1. The summed E-state index contributed by atoms with van der Waals surface area (Å²) in [6.45, 7) is 4.82. The molecule has 0 spiro atoms. The van der Waals surface area contributed by atoms with Crippen molar-refractivity contribution in [2.45, 2.75) is 51.9 Å². The van der Waals surface area contributed by atoms with E-state index in [-0.39, 0.29) is 5.92 Å². The summed E-state index contributed by atoms with van der Waals surface area (Å²) < 4.78 is 26.9. The molecule has 0 radical (unpaired) electrons. The molecule has 0 aromatic heterocycles. The zero-order valence-electron chi connectivity index (χ0n) is 12.7. The molecule has 2 fully saturated rings. The molecule has 3 unspecified atom stereocenters. The second-order valence-corrected chi connectivity index (χ2v) is 8.67. The van der Waals surface area contributed by atoms with E-state index in [4.69, 9.17) is 0 Å². The normalized spacial score (nSPS) is 32.1. The number of piperidine rings is 1. The second kappa shape index (κ2) is 7.76. The van der Waals surface area contributed by atoms with E-state index in [0.29, 0.717) is 12.3 Å². The molecule has 3 atom stereocenters. The van der Waals surface area contributed by atoms with E-state index in [9.17, 15) is 8.42 Å². The summed E-state index contributed by atoms with van der Waals surface area (Å²) in [5, 5.41) is 3.28. The van der Waals surface area contributed by atoms with Crippen molar-refractivity contribution in [3.05, 3.63) is 0 Å². The van der Waals surface area contributed by atoms with Gasteiger partial charge in [-0.25, -0.2) is 13.1 Å². The minimum absolute atomic E-state index is 0.288. The van der Waals surface area contributed by atoms with Gasteiger partial charge in [0.05, 0.1) is 5.75 Å². The first kappa shape index (κ1) is 16.2. The van der Waals surface area contributed by atoms with Gasteiger partial charge in [-0.05, 0) is 56.5 Å². The van der Waals surface area contributed by atoms with Crippen LogP contribution in [0.5, 0.6) is 0 Å². The summed E-state index contributed by atoms with van der Waals surface area (Å²) in [7, 11) is -3.09. The molecule has 0 amide bonds. The first-order valence-corrected chi connectivity index (χ1v) is 9.88.